The molecule has 5 rings (SSSR count). The quantitative estimate of drug-likeness (QED) is 0.739. The maximum Gasteiger partial charge on any atom is 0.165 e. The van der Waals surface area contributed by atoms with Crippen LogP contribution in [0.2, 0.25) is 0 Å². The molecule has 1 fully saturated rings. The number of nitrogens with zero attached hydrogens (tertiary/aromatic N) is 2. The summed E-state index contributed by atoms with van der Waals surface area (Å²) in [6, 6.07) is 11.3. The highest BCUT2D eigenvalue weighted by molar-refractivity contribution is 5.87. The lowest BCUT2D eigenvalue weighted by atomic mass is 9.93. The number of aliphatic hydroxyl groups is 1. The van der Waals surface area contributed by atoms with E-state index in [1.807, 2.05) is 0 Å². The van der Waals surface area contributed by atoms with Gasteiger partial charge in [0, 0.05) is 35.6 Å². The molecule has 2 aliphatic heterocycles. The monoisotopic (exact) mass is 380 g/mol. The third kappa shape index (κ3) is 2.73. The van der Waals surface area contributed by atoms with Gasteiger partial charge in [0.25, 0.3) is 0 Å². The summed E-state index contributed by atoms with van der Waals surface area (Å²) in [7, 11) is 1.44. The van der Waals surface area contributed by atoms with Gasteiger partial charge in [0.15, 0.2) is 11.6 Å². The summed E-state index contributed by atoms with van der Waals surface area (Å²) in [4.78, 5) is 2.49. The van der Waals surface area contributed by atoms with Gasteiger partial charge in [-0.15, -0.1) is 0 Å². The van der Waals surface area contributed by atoms with Crippen molar-refractivity contribution in [1.82, 2.24) is 9.47 Å². The predicted octanol–water partition coefficient (Wildman–Crippen LogP) is 4.13. The summed E-state index contributed by atoms with van der Waals surface area (Å²) in [5.74, 6) is 0.322. The van der Waals surface area contributed by atoms with Crippen molar-refractivity contribution in [2.75, 3.05) is 20.2 Å². The van der Waals surface area contributed by atoms with Gasteiger partial charge in [0.05, 0.1) is 19.8 Å². The Morgan fingerprint density at radius 1 is 1.25 bits per heavy atom. The standard InChI is InChI=1S/C23H25FN2O2/c1-14-3-5-19-17(9-14)23-16-7-8-25(11-16)12-20(23)26(19)13-21(27)15-4-6-22(28-2)18(24)10-15/h3-6,9-10,16,21,27H,7-8,11-13H2,1-2H3/t16-,21?/m0/s1. The number of benzene rings is 2. The third-order valence-electron chi connectivity index (χ3n) is 6.34. The van der Waals surface area contributed by atoms with Crippen LogP contribution in [0.4, 0.5) is 4.39 Å². The van der Waals surface area contributed by atoms with Gasteiger partial charge in [0.1, 0.15) is 0 Å². The number of hydrogen-bond acceptors (Lipinski definition) is 3. The summed E-state index contributed by atoms with van der Waals surface area (Å²) < 4.78 is 21.4. The molecule has 2 aromatic carbocycles. The molecule has 2 bridgehead atoms. The van der Waals surface area contributed by atoms with Crippen LogP contribution in [-0.4, -0.2) is 34.8 Å². The van der Waals surface area contributed by atoms with Gasteiger partial charge in [-0.1, -0.05) is 17.7 Å². The van der Waals surface area contributed by atoms with E-state index in [1.165, 1.54) is 41.8 Å². The normalized spacial score (nSPS) is 21.7. The fourth-order valence-electron chi connectivity index (χ4n) is 4.97. The smallest absolute Gasteiger partial charge is 0.165 e. The van der Waals surface area contributed by atoms with Gasteiger partial charge < -0.3 is 14.4 Å². The first-order valence-electron chi connectivity index (χ1n) is 9.90. The third-order valence-corrected chi connectivity index (χ3v) is 6.34. The number of aryl methyl sites for hydroxylation is 1. The zero-order valence-electron chi connectivity index (χ0n) is 16.3. The summed E-state index contributed by atoms with van der Waals surface area (Å²) in [5.41, 5.74) is 5.76. The van der Waals surface area contributed by atoms with Crippen LogP contribution in [0.3, 0.4) is 0 Å². The summed E-state index contributed by atoms with van der Waals surface area (Å²) in [6.45, 7) is 5.73. The topological polar surface area (TPSA) is 37.6 Å². The fraction of sp³-hybridized carbons (Fsp3) is 0.391. The minimum absolute atomic E-state index is 0.194. The zero-order valence-corrected chi connectivity index (χ0v) is 16.3. The average molecular weight is 380 g/mol. The Kier molecular flexibility index (Phi) is 4.18. The number of halogens is 1. The van der Waals surface area contributed by atoms with E-state index >= 15 is 0 Å². The Morgan fingerprint density at radius 2 is 2.11 bits per heavy atom. The second-order valence-electron chi connectivity index (χ2n) is 8.12. The van der Waals surface area contributed by atoms with Crippen LogP contribution in [0.25, 0.3) is 10.9 Å². The van der Waals surface area contributed by atoms with Crippen LogP contribution >= 0.6 is 0 Å². The molecular formula is C23H25FN2O2. The van der Waals surface area contributed by atoms with Gasteiger partial charge in [-0.25, -0.2) is 4.39 Å². The van der Waals surface area contributed by atoms with E-state index in [2.05, 4.69) is 34.6 Å². The maximum absolute atomic E-state index is 14.1. The molecule has 4 nitrogen and oxygen atoms in total. The van der Waals surface area contributed by atoms with Crippen LogP contribution in [-0.2, 0) is 13.1 Å². The summed E-state index contributed by atoms with van der Waals surface area (Å²) in [6.07, 6.45) is 0.419. The SMILES string of the molecule is COc1ccc(C(O)Cn2c3c(c4cc(C)ccc42)[C@H]2CCN(C3)C2)cc1F. The molecular weight excluding hydrogens is 355 g/mol. The molecule has 28 heavy (non-hydrogen) atoms. The lowest BCUT2D eigenvalue weighted by Crippen LogP contribution is -2.27. The molecule has 0 spiro atoms. The fourth-order valence-corrected chi connectivity index (χ4v) is 4.97. The van der Waals surface area contributed by atoms with Crippen molar-refractivity contribution in [3.05, 3.63) is 64.6 Å². The minimum atomic E-state index is -0.781. The number of aliphatic hydroxyl groups excluding tert-OH is 1. The first kappa shape index (κ1) is 17.7. The largest absolute Gasteiger partial charge is 0.494 e. The van der Waals surface area contributed by atoms with E-state index in [1.54, 1.807) is 12.1 Å². The molecule has 2 aliphatic rings. The molecule has 0 amide bonds. The van der Waals surface area contributed by atoms with E-state index in [9.17, 15) is 9.50 Å². The molecule has 0 radical (unpaired) electrons. The molecule has 3 heterocycles. The highest BCUT2D eigenvalue weighted by atomic mass is 19.1. The van der Waals surface area contributed by atoms with Crippen LogP contribution < -0.4 is 4.74 Å². The lowest BCUT2D eigenvalue weighted by molar-refractivity contribution is 0.154. The van der Waals surface area contributed by atoms with E-state index in [0.717, 1.165) is 25.2 Å². The van der Waals surface area contributed by atoms with Crippen molar-refractivity contribution in [1.29, 1.82) is 0 Å². The zero-order chi connectivity index (χ0) is 19.4. The van der Waals surface area contributed by atoms with Crippen molar-refractivity contribution in [3.63, 3.8) is 0 Å². The number of aromatic nitrogens is 1. The molecule has 146 valence electrons. The molecule has 1 saturated heterocycles. The number of methoxy groups -OCH3 is 1. The number of rotatable bonds is 4. The molecule has 0 aliphatic carbocycles. The van der Waals surface area contributed by atoms with Crippen molar-refractivity contribution in [2.45, 2.75) is 38.5 Å². The van der Waals surface area contributed by atoms with Gasteiger partial charge in [-0.3, -0.25) is 4.90 Å². The molecule has 1 aromatic heterocycles. The summed E-state index contributed by atoms with van der Waals surface area (Å²) >= 11 is 0. The van der Waals surface area contributed by atoms with E-state index in [0.29, 0.717) is 18.0 Å². The number of ether oxygens (including phenoxy) is 1. The van der Waals surface area contributed by atoms with Gasteiger partial charge in [0.2, 0.25) is 0 Å². The Labute approximate surface area is 164 Å². The van der Waals surface area contributed by atoms with Crippen molar-refractivity contribution >= 4 is 10.9 Å². The highest BCUT2D eigenvalue weighted by Gasteiger charge is 2.35. The Morgan fingerprint density at radius 3 is 2.89 bits per heavy atom. The minimum Gasteiger partial charge on any atom is -0.494 e. The number of hydrogen-bond donors (Lipinski definition) is 1. The molecule has 1 N–H and O–H groups in total. The van der Waals surface area contributed by atoms with Crippen molar-refractivity contribution in [2.24, 2.45) is 0 Å². The first-order valence-corrected chi connectivity index (χ1v) is 9.90. The average Bonchev–Trinajstić information content (AvgIpc) is 3.20. The van der Waals surface area contributed by atoms with Crippen LogP contribution in [0.1, 0.15) is 40.8 Å². The molecule has 2 unspecified atom stereocenters. The van der Waals surface area contributed by atoms with Gasteiger partial charge in [-0.05, 0) is 55.3 Å². The second-order valence-corrected chi connectivity index (χ2v) is 8.12. The van der Waals surface area contributed by atoms with E-state index in [-0.39, 0.29) is 5.75 Å². The van der Waals surface area contributed by atoms with Crippen molar-refractivity contribution in [3.8, 4) is 5.75 Å². The Balaban J connectivity index is 1.58. The molecule has 3 atom stereocenters. The van der Waals surface area contributed by atoms with E-state index < -0.39 is 11.9 Å². The van der Waals surface area contributed by atoms with Gasteiger partial charge >= 0.3 is 0 Å². The Bertz CT molecular complexity index is 1060. The molecule has 3 aromatic rings. The second kappa shape index (κ2) is 6.61. The number of fused-ring (bicyclic) bond motifs is 6. The Hall–Kier alpha value is -2.37. The maximum atomic E-state index is 14.1. The van der Waals surface area contributed by atoms with E-state index in [4.69, 9.17) is 4.74 Å². The lowest BCUT2D eigenvalue weighted by Gasteiger charge is -2.25. The molecule has 0 saturated carbocycles. The van der Waals surface area contributed by atoms with Crippen LogP contribution in [0.5, 0.6) is 5.75 Å². The predicted molar refractivity (Wildman–Crippen MR) is 107 cm³/mol. The van der Waals surface area contributed by atoms with Crippen LogP contribution in [0, 0.1) is 12.7 Å². The van der Waals surface area contributed by atoms with Crippen LogP contribution in [0.15, 0.2) is 36.4 Å². The molecule has 5 heteroatoms. The first-order chi connectivity index (χ1) is 13.5. The van der Waals surface area contributed by atoms with Gasteiger partial charge in [-0.2, -0.15) is 0 Å². The summed E-state index contributed by atoms with van der Waals surface area (Å²) in [5, 5.41) is 12.2. The highest BCUT2D eigenvalue weighted by Crippen LogP contribution is 2.42. The van der Waals surface area contributed by atoms with Crippen molar-refractivity contribution < 1.29 is 14.2 Å².